The second-order valence-corrected chi connectivity index (χ2v) is 3.77. The minimum Gasteiger partial charge on any atom is -0.369 e. The van der Waals surface area contributed by atoms with Gasteiger partial charge in [-0.3, -0.25) is 4.79 Å². The van der Waals surface area contributed by atoms with Crippen LogP contribution in [0, 0.1) is 0 Å². The number of carbonyl (C=O) groups is 1. The van der Waals surface area contributed by atoms with E-state index in [-0.39, 0.29) is 11.8 Å². The normalized spacial score (nSPS) is 19.9. The Balaban J connectivity index is 2.44. The van der Waals surface area contributed by atoms with Gasteiger partial charge in [0.25, 0.3) is 0 Å². The number of hydrogen-bond donors (Lipinski definition) is 1. The van der Waals surface area contributed by atoms with Gasteiger partial charge in [0, 0.05) is 5.02 Å². The number of rotatable bonds is 1. The Hall–Kier alpha value is -1.02. The molecule has 2 nitrogen and oxygen atoms in total. The van der Waals surface area contributed by atoms with Gasteiger partial charge in [-0.1, -0.05) is 17.7 Å². The number of hydrogen-bond acceptors (Lipinski definition) is 1. The van der Waals surface area contributed by atoms with Gasteiger partial charge in [0.15, 0.2) is 0 Å². The zero-order chi connectivity index (χ0) is 9.42. The lowest BCUT2D eigenvalue weighted by atomic mass is 10.0. The van der Waals surface area contributed by atoms with Crippen molar-refractivity contribution in [3.63, 3.8) is 0 Å². The van der Waals surface area contributed by atoms with Crippen molar-refractivity contribution < 1.29 is 4.79 Å². The Labute approximate surface area is 81.7 Å². The van der Waals surface area contributed by atoms with Crippen LogP contribution in [0.5, 0.6) is 0 Å². The molecule has 1 atom stereocenters. The lowest BCUT2D eigenvalue weighted by molar-refractivity contribution is -0.119. The summed E-state index contributed by atoms with van der Waals surface area (Å²) in [4.78, 5) is 11.0. The third-order valence-electron chi connectivity index (χ3n) is 2.53. The van der Waals surface area contributed by atoms with Crippen molar-refractivity contribution in [3.05, 3.63) is 34.3 Å². The average Bonchev–Trinajstić information content (AvgIpc) is 2.46. The van der Waals surface area contributed by atoms with Gasteiger partial charge >= 0.3 is 0 Å². The molecule has 0 saturated carbocycles. The van der Waals surface area contributed by atoms with E-state index in [1.165, 1.54) is 0 Å². The van der Waals surface area contributed by atoms with Gasteiger partial charge in [-0.25, -0.2) is 0 Å². The molecule has 0 bridgehead atoms. The highest BCUT2D eigenvalue weighted by Crippen LogP contribution is 2.34. The summed E-state index contributed by atoms with van der Waals surface area (Å²) in [6.07, 6.45) is 1.73. The average molecular weight is 196 g/mol. The van der Waals surface area contributed by atoms with Crippen molar-refractivity contribution in [1.29, 1.82) is 0 Å². The summed E-state index contributed by atoms with van der Waals surface area (Å²) in [6.45, 7) is 0. The van der Waals surface area contributed by atoms with Gasteiger partial charge in [0.1, 0.15) is 0 Å². The van der Waals surface area contributed by atoms with Crippen LogP contribution in [-0.2, 0) is 11.2 Å². The number of halogens is 1. The van der Waals surface area contributed by atoms with Gasteiger partial charge in [0.2, 0.25) is 5.91 Å². The quantitative estimate of drug-likeness (QED) is 0.730. The fraction of sp³-hybridized carbons (Fsp3) is 0.300. The standard InChI is InChI=1S/C10H10ClNO/c11-7-2-4-8-6(5-7)1-3-9(8)10(12)13/h2,4-5,9H,1,3H2,(H2,12,13)/t9-/m0/s1. The molecule has 2 N–H and O–H groups in total. The maximum Gasteiger partial charge on any atom is 0.224 e. The van der Waals surface area contributed by atoms with Crippen LogP contribution in [0.1, 0.15) is 23.5 Å². The number of aryl methyl sites for hydroxylation is 1. The predicted molar refractivity (Wildman–Crippen MR) is 51.7 cm³/mol. The summed E-state index contributed by atoms with van der Waals surface area (Å²) in [5.41, 5.74) is 7.49. The van der Waals surface area contributed by atoms with Crippen molar-refractivity contribution in [2.75, 3.05) is 0 Å². The molecule has 1 aliphatic carbocycles. The van der Waals surface area contributed by atoms with Crippen LogP contribution in [0.15, 0.2) is 18.2 Å². The van der Waals surface area contributed by atoms with E-state index in [2.05, 4.69) is 0 Å². The summed E-state index contributed by atoms with van der Waals surface area (Å²) in [6, 6.07) is 5.63. The van der Waals surface area contributed by atoms with E-state index in [0.717, 1.165) is 29.0 Å². The van der Waals surface area contributed by atoms with E-state index >= 15 is 0 Å². The minimum atomic E-state index is -0.235. The molecule has 0 heterocycles. The van der Waals surface area contributed by atoms with Gasteiger partial charge in [-0.05, 0) is 36.1 Å². The maximum atomic E-state index is 11.0. The minimum absolute atomic E-state index is 0.104. The van der Waals surface area contributed by atoms with Crippen molar-refractivity contribution in [1.82, 2.24) is 0 Å². The van der Waals surface area contributed by atoms with Gasteiger partial charge in [0.05, 0.1) is 5.92 Å². The summed E-state index contributed by atoms with van der Waals surface area (Å²) in [5.74, 6) is -0.340. The highest BCUT2D eigenvalue weighted by Gasteiger charge is 2.26. The van der Waals surface area contributed by atoms with Gasteiger partial charge in [-0.2, -0.15) is 0 Å². The number of amides is 1. The third kappa shape index (κ3) is 1.42. The molecule has 13 heavy (non-hydrogen) atoms. The van der Waals surface area contributed by atoms with Crippen LogP contribution in [0.2, 0.25) is 5.02 Å². The Morgan fingerprint density at radius 1 is 1.54 bits per heavy atom. The Kier molecular flexibility index (Phi) is 2.00. The third-order valence-corrected chi connectivity index (χ3v) is 2.76. The molecule has 0 spiro atoms. The molecule has 0 fully saturated rings. The van der Waals surface area contributed by atoms with E-state index < -0.39 is 0 Å². The highest BCUT2D eigenvalue weighted by molar-refractivity contribution is 6.30. The molecule has 0 radical (unpaired) electrons. The fourth-order valence-electron chi connectivity index (χ4n) is 1.88. The zero-order valence-electron chi connectivity index (χ0n) is 7.09. The number of carbonyl (C=O) groups excluding carboxylic acids is 1. The zero-order valence-corrected chi connectivity index (χ0v) is 7.84. The first-order valence-electron chi connectivity index (χ1n) is 4.26. The van der Waals surface area contributed by atoms with Crippen molar-refractivity contribution in [2.45, 2.75) is 18.8 Å². The van der Waals surface area contributed by atoms with Crippen LogP contribution in [0.4, 0.5) is 0 Å². The summed E-state index contributed by atoms with van der Waals surface area (Å²) >= 11 is 5.83. The van der Waals surface area contributed by atoms with Crippen LogP contribution in [0.3, 0.4) is 0 Å². The molecule has 1 aliphatic rings. The molecular weight excluding hydrogens is 186 g/mol. The van der Waals surface area contributed by atoms with E-state index in [1.54, 1.807) is 0 Å². The molecule has 2 rings (SSSR count). The predicted octanol–water partition coefficient (Wildman–Crippen LogP) is 1.86. The van der Waals surface area contributed by atoms with Gasteiger partial charge < -0.3 is 5.73 Å². The summed E-state index contributed by atoms with van der Waals surface area (Å²) in [7, 11) is 0. The number of benzene rings is 1. The molecule has 1 aromatic carbocycles. The molecule has 0 aromatic heterocycles. The molecule has 68 valence electrons. The topological polar surface area (TPSA) is 43.1 Å². The molecule has 0 saturated heterocycles. The second kappa shape index (κ2) is 3.04. The first-order chi connectivity index (χ1) is 6.18. The van der Waals surface area contributed by atoms with E-state index in [0.29, 0.717) is 0 Å². The molecule has 1 aromatic rings. The molecule has 1 amide bonds. The van der Waals surface area contributed by atoms with Gasteiger partial charge in [-0.15, -0.1) is 0 Å². The SMILES string of the molecule is NC(=O)[C@H]1CCc2cc(Cl)ccc21. The molecule has 0 aliphatic heterocycles. The number of fused-ring (bicyclic) bond motifs is 1. The fourth-order valence-corrected chi connectivity index (χ4v) is 2.08. The van der Waals surface area contributed by atoms with Crippen molar-refractivity contribution in [3.8, 4) is 0 Å². The first-order valence-corrected chi connectivity index (χ1v) is 4.64. The van der Waals surface area contributed by atoms with Crippen LogP contribution in [0.25, 0.3) is 0 Å². The smallest absolute Gasteiger partial charge is 0.224 e. The Bertz CT molecular complexity index is 362. The Morgan fingerprint density at radius 2 is 2.31 bits per heavy atom. The van der Waals surface area contributed by atoms with Crippen LogP contribution < -0.4 is 5.73 Å². The van der Waals surface area contributed by atoms with Crippen LogP contribution in [-0.4, -0.2) is 5.91 Å². The maximum absolute atomic E-state index is 11.0. The first kappa shape index (κ1) is 8.57. The number of primary amides is 1. The number of nitrogens with two attached hydrogens (primary N) is 1. The van der Waals surface area contributed by atoms with E-state index in [9.17, 15) is 4.79 Å². The van der Waals surface area contributed by atoms with E-state index in [4.69, 9.17) is 17.3 Å². The summed E-state index contributed by atoms with van der Waals surface area (Å²) < 4.78 is 0. The highest BCUT2D eigenvalue weighted by atomic mass is 35.5. The molecule has 3 heteroatoms. The van der Waals surface area contributed by atoms with Crippen molar-refractivity contribution >= 4 is 17.5 Å². The van der Waals surface area contributed by atoms with Crippen LogP contribution >= 0.6 is 11.6 Å². The second-order valence-electron chi connectivity index (χ2n) is 3.34. The largest absolute Gasteiger partial charge is 0.369 e. The van der Waals surface area contributed by atoms with E-state index in [1.807, 2.05) is 18.2 Å². The Morgan fingerprint density at radius 3 is 3.00 bits per heavy atom. The summed E-state index contributed by atoms with van der Waals surface area (Å²) in [5, 5.41) is 0.726. The molecule has 0 unspecified atom stereocenters. The molecular formula is C10H10ClNO. The lowest BCUT2D eigenvalue weighted by Gasteiger charge is -2.05. The monoisotopic (exact) mass is 195 g/mol. The van der Waals surface area contributed by atoms with Crippen molar-refractivity contribution in [2.24, 2.45) is 5.73 Å². The lowest BCUT2D eigenvalue weighted by Crippen LogP contribution is -2.19.